The molecule has 0 saturated carbocycles. The molecule has 0 atom stereocenters. The Morgan fingerprint density at radius 1 is 0.604 bits per heavy atom. The monoisotopic (exact) mass is 691 g/mol. The minimum absolute atomic E-state index is 0.0194. The molecule has 1 saturated heterocycles. The van der Waals surface area contributed by atoms with Crippen LogP contribution in [0, 0.1) is 5.92 Å². The van der Waals surface area contributed by atoms with Crippen LogP contribution in [0.2, 0.25) is 0 Å². The number of carboxylic acids is 4. The summed E-state index contributed by atoms with van der Waals surface area (Å²) in [6, 6.07) is 0. The van der Waals surface area contributed by atoms with Crippen LogP contribution in [0.25, 0.3) is 0 Å². The summed E-state index contributed by atoms with van der Waals surface area (Å²) in [4.78, 5) is 66.5. The van der Waals surface area contributed by atoms with E-state index >= 15 is 0 Å². The summed E-state index contributed by atoms with van der Waals surface area (Å²) < 4.78 is 17.3. The largest absolute Gasteiger partial charge is 0.481 e. The van der Waals surface area contributed by atoms with E-state index < -0.39 is 35.3 Å². The molecule has 0 aromatic rings. The molecule has 0 spiro atoms. The average molecular weight is 692 g/mol. The van der Waals surface area contributed by atoms with E-state index in [0.717, 1.165) is 6.42 Å². The molecule has 1 amide bonds. The smallest absolute Gasteiger partial charge is 0.317 e. The van der Waals surface area contributed by atoms with Crippen LogP contribution in [0.5, 0.6) is 0 Å². The molecule has 5 N–H and O–H groups in total. The van der Waals surface area contributed by atoms with E-state index in [-0.39, 0.29) is 65.5 Å². The SMILES string of the molecule is CCN1CCN(CC(=O)O)CCN(CC(=O)O)CCN(CC(=O)NC(COCCC(=O)O)(COCCC(=O)O)COCCC(C)C)CC1. The molecule has 0 aliphatic carbocycles. The van der Waals surface area contributed by atoms with Crippen molar-refractivity contribution in [2.24, 2.45) is 5.92 Å². The molecule has 278 valence electrons. The van der Waals surface area contributed by atoms with Gasteiger partial charge in [0.1, 0.15) is 5.54 Å². The fourth-order valence-corrected chi connectivity index (χ4v) is 4.96. The summed E-state index contributed by atoms with van der Waals surface area (Å²) in [7, 11) is 0. The second kappa shape index (κ2) is 24.2. The zero-order valence-corrected chi connectivity index (χ0v) is 28.8. The third kappa shape index (κ3) is 21.1. The molecule has 1 fully saturated rings. The molecule has 17 heteroatoms. The number of amides is 1. The predicted octanol–water partition coefficient (Wildman–Crippen LogP) is -0.703. The molecule has 0 aromatic carbocycles. The van der Waals surface area contributed by atoms with Gasteiger partial charge in [-0.15, -0.1) is 0 Å². The van der Waals surface area contributed by atoms with Gasteiger partial charge in [-0.1, -0.05) is 20.8 Å². The summed E-state index contributed by atoms with van der Waals surface area (Å²) in [5.74, 6) is -4.07. The van der Waals surface area contributed by atoms with Crippen LogP contribution in [-0.2, 0) is 38.2 Å². The molecular weight excluding hydrogens is 634 g/mol. The predicted molar refractivity (Wildman–Crippen MR) is 174 cm³/mol. The summed E-state index contributed by atoms with van der Waals surface area (Å²) in [6.07, 6.45) is 0.258. The fourth-order valence-electron chi connectivity index (χ4n) is 4.96. The van der Waals surface area contributed by atoms with Gasteiger partial charge in [-0.25, -0.2) is 0 Å². The number of carboxylic acid groups (broad SMARTS) is 4. The van der Waals surface area contributed by atoms with Gasteiger partial charge in [0, 0.05) is 59.0 Å². The number of carbonyl (C=O) groups is 5. The van der Waals surface area contributed by atoms with Crippen LogP contribution >= 0.6 is 0 Å². The summed E-state index contributed by atoms with van der Waals surface area (Å²) in [5.41, 5.74) is -1.24. The number of hydrogen-bond acceptors (Lipinski definition) is 12. The molecule has 0 bridgehead atoms. The number of rotatable bonds is 23. The van der Waals surface area contributed by atoms with E-state index in [0.29, 0.717) is 71.4 Å². The minimum atomic E-state index is -1.24. The Kier molecular flexibility index (Phi) is 21.8. The number of ether oxygens (including phenoxy) is 3. The highest BCUT2D eigenvalue weighted by molar-refractivity contribution is 5.79. The van der Waals surface area contributed by atoms with Crippen molar-refractivity contribution in [2.75, 3.05) is 118 Å². The van der Waals surface area contributed by atoms with Crippen molar-refractivity contribution in [3.63, 3.8) is 0 Å². The quantitative estimate of drug-likeness (QED) is 0.0837. The van der Waals surface area contributed by atoms with E-state index in [1.807, 2.05) is 25.7 Å². The number of nitrogens with one attached hydrogen (secondary N) is 1. The second-order valence-electron chi connectivity index (χ2n) is 12.5. The van der Waals surface area contributed by atoms with Crippen molar-refractivity contribution >= 4 is 29.8 Å². The van der Waals surface area contributed by atoms with Crippen molar-refractivity contribution in [1.82, 2.24) is 24.9 Å². The Balaban J connectivity index is 3.17. The lowest BCUT2D eigenvalue weighted by Crippen LogP contribution is -2.60. The number of hydrogen-bond donors (Lipinski definition) is 5. The zero-order chi connectivity index (χ0) is 36.0. The lowest BCUT2D eigenvalue weighted by atomic mass is 10.0. The van der Waals surface area contributed by atoms with Crippen LogP contribution in [0.3, 0.4) is 0 Å². The normalized spacial score (nSPS) is 16.7. The lowest BCUT2D eigenvalue weighted by molar-refractivity contribution is -0.140. The maximum absolute atomic E-state index is 13.7. The van der Waals surface area contributed by atoms with Gasteiger partial charge < -0.3 is 44.9 Å². The highest BCUT2D eigenvalue weighted by Gasteiger charge is 2.34. The highest BCUT2D eigenvalue weighted by atomic mass is 16.5. The van der Waals surface area contributed by atoms with Crippen molar-refractivity contribution in [2.45, 2.75) is 45.6 Å². The maximum Gasteiger partial charge on any atom is 0.317 e. The molecule has 1 aliphatic rings. The molecular formula is C31H57N5O12. The standard InChI is InChI=1S/C31H57N5O12/c1-4-33-8-10-34(12-13-36(21-30(44)45)15-14-35(11-9-33)20-29(42)43)19-26(37)32-31(22-46-16-5-25(2)3,23-47-17-6-27(38)39)24-48-18-7-28(40)41/h25H,4-24H2,1-3H3,(H,32,37)(H,38,39)(H,40,41)(H,42,43)(H,44,45). The van der Waals surface area contributed by atoms with E-state index in [1.165, 1.54) is 0 Å². The molecule has 0 radical (unpaired) electrons. The number of likely N-dealkylation sites (N-methyl/N-ethyl adjacent to an activating group) is 1. The third-order valence-corrected chi connectivity index (χ3v) is 7.76. The number of nitrogens with zero attached hydrogens (tertiary/aromatic N) is 4. The summed E-state index contributed by atoms with van der Waals surface area (Å²) in [6.45, 7) is 9.79. The first-order chi connectivity index (χ1) is 22.7. The Morgan fingerprint density at radius 3 is 1.33 bits per heavy atom. The molecule has 17 nitrogen and oxygen atoms in total. The van der Waals surface area contributed by atoms with Crippen LogP contribution in [0.1, 0.15) is 40.0 Å². The first kappa shape index (κ1) is 43.1. The molecule has 1 rings (SSSR count). The molecule has 1 heterocycles. The lowest BCUT2D eigenvalue weighted by Gasteiger charge is -2.36. The topological polar surface area (TPSA) is 219 Å². The first-order valence-electron chi connectivity index (χ1n) is 16.5. The van der Waals surface area contributed by atoms with Crippen molar-refractivity contribution in [3.05, 3.63) is 0 Å². The second-order valence-corrected chi connectivity index (χ2v) is 12.5. The van der Waals surface area contributed by atoms with Gasteiger partial charge in [-0.2, -0.15) is 0 Å². The van der Waals surface area contributed by atoms with E-state index in [2.05, 4.69) is 10.2 Å². The van der Waals surface area contributed by atoms with Gasteiger partial charge in [0.25, 0.3) is 0 Å². The van der Waals surface area contributed by atoms with Crippen LogP contribution in [0.15, 0.2) is 0 Å². The first-order valence-corrected chi connectivity index (χ1v) is 16.5. The van der Waals surface area contributed by atoms with Crippen LogP contribution in [0.4, 0.5) is 0 Å². The van der Waals surface area contributed by atoms with Crippen LogP contribution < -0.4 is 5.32 Å². The Hall–Kier alpha value is -2.93. The van der Waals surface area contributed by atoms with E-state index in [4.69, 9.17) is 24.4 Å². The third-order valence-electron chi connectivity index (χ3n) is 7.76. The van der Waals surface area contributed by atoms with Crippen molar-refractivity contribution in [1.29, 1.82) is 0 Å². The van der Waals surface area contributed by atoms with Gasteiger partial charge in [0.15, 0.2) is 0 Å². The number of aliphatic carboxylic acids is 4. The van der Waals surface area contributed by atoms with E-state index in [1.54, 1.807) is 9.80 Å². The van der Waals surface area contributed by atoms with Gasteiger partial charge in [-0.05, 0) is 18.9 Å². The molecule has 48 heavy (non-hydrogen) atoms. The summed E-state index contributed by atoms with van der Waals surface area (Å²) in [5, 5.41) is 40.0. The highest BCUT2D eigenvalue weighted by Crippen LogP contribution is 2.12. The van der Waals surface area contributed by atoms with Gasteiger partial charge in [0.2, 0.25) is 5.91 Å². The average Bonchev–Trinajstić information content (AvgIpc) is 2.99. The molecule has 0 unspecified atom stereocenters. The fraction of sp³-hybridized carbons (Fsp3) is 0.839. The maximum atomic E-state index is 13.7. The zero-order valence-electron chi connectivity index (χ0n) is 28.8. The summed E-state index contributed by atoms with van der Waals surface area (Å²) >= 11 is 0. The van der Waals surface area contributed by atoms with Gasteiger partial charge in [-0.3, -0.25) is 38.7 Å². The Labute approximate surface area is 283 Å². The molecule has 1 aliphatic heterocycles. The van der Waals surface area contributed by atoms with Crippen molar-refractivity contribution < 1.29 is 58.6 Å². The van der Waals surface area contributed by atoms with Crippen LogP contribution in [-0.4, -0.2) is 194 Å². The molecule has 0 aromatic heterocycles. The van der Waals surface area contributed by atoms with E-state index in [9.17, 15) is 34.2 Å². The van der Waals surface area contributed by atoms with Gasteiger partial charge in [0.05, 0.1) is 65.5 Å². The minimum Gasteiger partial charge on any atom is -0.481 e. The van der Waals surface area contributed by atoms with Crippen molar-refractivity contribution in [3.8, 4) is 0 Å². The van der Waals surface area contributed by atoms with Gasteiger partial charge >= 0.3 is 23.9 Å². The number of carbonyl (C=O) groups excluding carboxylic acids is 1. The Morgan fingerprint density at radius 2 is 0.979 bits per heavy atom. The Bertz CT molecular complexity index is 964.